The average molecular weight is 395 g/mol. The zero-order valence-corrected chi connectivity index (χ0v) is 16.3. The molecule has 8 nitrogen and oxygen atoms in total. The second kappa shape index (κ2) is 9.80. The Hall–Kier alpha value is -3.99. The first-order valence-electron chi connectivity index (χ1n) is 8.55. The van der Waals surface area contributed by atoms with Crippen molar-refractivity contribution in [2.75, 3.05) is 26.1 Å². The van der Waals surface area contributed by atoms with Gasteiger partial charge in [0, 0.05) is 5.69 Å². The van der Waals surface area contributed by atoms with E-state index in [-0.39, 0.29) is 29.4 Å². The quantitative estimate of drug-likeness (QED) is 0.523. The third-order valence-corrected chi connectivity index (χ3v) is 3.83. The summed E-state index contributed by atoms with van der Waals surface area (Å²) in [5.41, 5.74) is 7.10. The van der Waals surface area contributed by atoms with E-state index in [4.69, 9.17) is 19.9 Å². The second-order valence-electron chi connectivity index (χ2n) is 6.00. The first-order chi connectivity index (χ1) is 13.9. The number of hydrogen-bond acceptors (Lipinski definition) is 6. The Morgan fingerprint density at radius 2 is 1.72 bits per heavy atom. The number of hydrogen-bond donors (Lipinski definition) is 2. The van der Waals surface area contributed by atoms with E-state index >= 15 is 0 Å². The number of primary amides is 1. The van der Waals surface area contributed by atoms with Gasteiger partial charge in [0.1, 0.15) is 11.6 Å². The molecule has 0 saturated carbocycles. The number of nitrogens with zero attached hydrogens (tertiary/aromatic N) is 1. The van der Waals surface area contributed by atoms with E-state index in [1.165, 1.54) is 20.3 Å². The summed E-state index contributed by atoms with van der Waals surface area (Å²) in [6.07, 6.45) is 1.40. The standard InChI is InChI=1S/C21H21N3O5/c1-13-4-6-16(7-5-13)24-21(26)15(11-22)8-14-9-17(27-2)20(18(10-14)28-3)29-12-19(23)25/h4-10H,12H2,1-3H3,(H2,23,25)(H,24,26)/b15-8+. The minimum Gasteiger partial charge on any atom is -0.493 e. The molecule has 2 rings (SSSR count). The molecule has 0 aromatic heterocycles. The van der Waals surface area contributed by atoms with Crippen LogP contribution in [-0.2, 0) is 9.59 Å². The predicted molar refractivity (Wildman–Crippen MR) is 108 cm³/mol. The van der Waals surface area contributed by atoms with Crippen LogP contribution in [0.25, 0.3) is 6.08 Å². The second-order valence-corrected chi connectivity index (χ2v) is 6.00. The molecule has 0 spiro atoms. The average Bonchev–Trinajstić information content (AvgIpc) is 2.71. The molecule has 150 valence electrons. The number of ether oxygens (including phenoxy) is 3. The molecule has 0 atom stereocenters. The lowest BCUT2D eigenvalue weighted by Gasteiger charge is -2.14. The number of benzene rings is 2. The Balaban J connectivity index is 2.34. The van der Waals surface area contributed by atoms with Gasteiger partial charge < -0.3 is 25.3 Å². The van der Waals surface area contributed by atoms with Crippen LogP contribution in [0, 0.1) is 18.3 Å². The highest BCUT2D eigenvalue weighted by molar-refractivity contribution is 6.09. The molecule has 0 heterocycles. The molecule has 8 heteroatoms. The van der Waals surface area contributed by atoms with Crippen LogP contribution in [0.2, 0.25) is 0 Å². The Kier molecular flexibility index (Phi) is 7.20. The van der Waals surface area contributed by atoms with E-state index in [0.29, 0.717) is 11.3 Å². The van der Waals surface area contributed by atoms with Gasteiger partial charge in [0.05, 0.1) is 14.2 Å². The lowest BCUT2D eigenvalue weighted by molar-refractivity contribution is -0.120. The van der Waals surface area contributed by atoms with E-state index in [2.05, 4.69) is 5.32 Å². The first-order valence-corrected chi connectivity index (χ1v) is 8.55. The van der Waals surface area contributed by atoms with Crippen LogP contribution in [0.4, 0.5) is 5.69 Å². The number of nitrogens with two attached hydrogens (primary N) is 1. The maximum Gasteiger partial charge on any atom is 0.266 e. The number of amides is 2. The van der Waals surface area contributed by atoms with E-state index in [1.807, 2.05) is 25.1 Å². The van der Waals surface area contributed by atoms with E-state index in [9.17, 15) is 14.9 Å². The van der Waals surface area contributed by atoms with Crippen molar-refractivity contribution >= 4 is 23.6 Å². The number of aryl methyl sites for hydroxylation is 1. The minimum atomic E-state index is -0.655. The number of carbonyl (C=O) groups is 2. The zero-order chi connectivity index (χ0) is 21.4. The Morgan fingerprint density at radius 3 is 2.21 bits per heavy atom. The molecule has 0 radical (unpaired) electrons. The van der Waals surface area contributed by atoms with Gasteiger partial charge in [0.2, 0.25) is 5.75 Å². The normalized spacial score (nSPS) is 10.6. The number of anilines is 1. The molecule has 0 saturated heterocycles. The third kappa shape index (κ3) is 5.74. The van der Waals surface area contributed by atoms with Gasteiger partial charge in [-0.15, -0.1) is 0 Å². The van der Waals surface area contributed by atoms with Gasteiger partial charge in [0.15, 0.2) is 18.1 Å². The number of nitriles is 1. The van der Waals surface area contributed by atoms with Crippen LogP contribution in [0.1, 0.15) is 11.1 Å². The molecule has 29 heavy (non-hydrogen) atoms. The molecule has 0 bridgehead atoms. The molecule has 3 N–H and O–H groups in total. The molecule has 0 unspecified atom stereocenters. The Labute approximate surface area is 168 Å². The first kappa shape index (κ1) is 21.3. The summed E-state index contributed by atoms with van der Waals surface area (Å²) < 4.78 is 15.9. The highest BCUT2D eigenvalue weighted by Crippen LogP contribution is 2.39. The van der Waals surface area contributed by atoms with Gasteiger partial charge in [-0.1, -0.05) is 17.7 Å². The number of methoxy groups -OCH3 is 2. The largest absolute Gasteiger partial charge is 0.493 e. The van der Waals surface area contributed by atoms with Gasteiger partial charge in [-0.2, -0.15) is 5.26 Å². The molecule has 2 aromatic rings. The lowest BCUT2D eigenvalue weighted by atomic mass is 10.1. The number of nitrogens with one attached hydrogen (secondary N) is 1. The number of rotatable bonds is 8. The van der Waals surface area contributed by atoms with Crippen molar-refractivity contribution in [3.8, 4) is 23.3 Å². The summed E-state index contributed by atoms with van der Waals surface area (Å²) in [6.45, 7) is 1.58. The van der Waals surface area contributed by atoms with Crippen molar-refractivity contribution in [1.29, 1.82) is 5.26 Å². The molecular formula is C21H21N3O5. The van der Waals surface area contributed by atoms with Crippen LogP contribution >= 0.6 is 0 Å². The molecule has 2 aromatic carbocycles. The van der Waals surface area contributed by atoms with Crippen LogP contribution in [-0.4, -0.2) is 32.6 Å². The summed E-state index contributed by atoms with van der Waals surface area (Å²) >= 11 is 0. The summed E-state index contributed by atoms with van der Waals surface area (Å²) in [5.74, 6) is -0.504. The predicted octanol–water partition coefficient (Wildman–Crippen LogP) is 2.42. The molecule has 0 fully saturated rings. The van der Waals surface area contributed by atoms with Crippen LogP contribution in [0.3, 0.4) is 0 Å². The van der Waals surface area contributed by atoms with Crippen molar-refractivity contribution in [2.24, 2.45) is 5.73 Å². The van der Waals surface area contributed by atoms with E-state index in [1.54, 1.807) is 24.3 Å². The summed E-state index contributed by atoms with van der Waals surface area (Å²) in [4.78, 5) is 23.4. The third-order valence-electron chi connectivity index (χ3n) is 3.83. The van der Waals surface area contributed by atoms with Crippen molar-refractivity contribution in [2.45, 2.75) is 6.92 Å². The monoisotopic (exact) mass is 395 g/mol. The molecule has 0 aliphatic heterocycles. The van der Waals surface area contributed by atoms with Gasteiger partial charge in [-0.3, -0.25) is 9.59 Å². The van der Waals surface area contributed by atoms with Gasteiger partial charge in [-0.25, -0.2) is 0 Å². The van der Waals surface area contributed by atoms with Crippen LogP contribution in [0.15, 0.2) is 42.0 Å². The molecular weight excluding hydrogens is 374 g/mol. The lowest BCUT2D eigenvalue weighted by Crippen LogP contribution is -2.20. The van der Waals surface area contributed by atoms with Gasteiger partial charge in [-0.05, 0) is 42.8 Å². The van der Waals surface area contributed by atoms with Crippen molar-refractivity contribution in [1.82, 2.24) is 0 Å². The maximum atomic E-state index is 12.4. The van der Waals surface area contributed by atoms with Crippen molar-refractivity contribution in [3.05, 3.63) is 53.1 Å². The maximum absolute atomic E-state index is 12.4. The van der Waals surface area contributed by atoms with E-state index in [0.717, 1.165) is 5.56 Å². The summed E-state index contributed by atoms with van der Waals surface area (Å²) in [5, 5.41) is 12.1. The minimum absolute atomic E-state index is 0.111. The Morgan fingerprint density at radius 1 is 1.14 bits per heavy atom. The molecule has 2 amide bonds. The number of carbonyl (C=O) groups excluding carboxylic acids is 2. The van der Waals surface area contributed by atoms with E-state index < -0.39 is 11.8 Å². The summed E-state index contributed by atoms with van der Waals surface area (Å²) in [6, 6.07) is 12.2. The highest BCUT2D eigenvalue weighted by atomic mass is 16.5. The molecule has 0 aliphatic carbocycles. The fourth-order valence-corrected chi connectivity index (χ4v) is 2.42. The molecule has 0 aliphatic rings. The smallest absolute Gasteiger partial charge is 0.266 e. The Bertz CT molecular complexity index is 950. The van der Waals surface area contributed by atoms with Crippen LogP contribution in [0.5, 0.6) is 17.2 Å². The zero-order valence-electron chi connectivity index (χ0n) is 16.3. The fraction of sp³-hybridized carbons (Fsp3) is 0.190. The van der Waals surface area contributed by atoms with Crippen LogP contribution < -0.4 is 25.3 Å². The topological polar surface area (TPSA) is 124 Å². The van der Waals surface area contributed by atoms with Gasteiger partial charge in [0.25, 0.3) is 11.8 Å². The fourth-order valence-electron chi connectivity index (χ4n) is 2.42. The van der Waals surface area contributed by atoms with Crippen molar-refractivity contribution in [3.63, 3.8) is 0 Å². The highest BCUT2D eigenvalue weighted by Gasteiger charge is 2.16. The SMILES string of the molecule is COc1cc(/C=C(\C#N)C(=O)Nc2ccc(C)cc2)cc(OC)c1OCC(N)=O. The summed E-state index contributed by atoms with van der Waals surface area (Å²) in [7, 11) is 2.82. The van der Waals surface area contributed by atoms with Crippen molar-refractivity contribution < 1.29 is 23.8 Å². The van der Waals surface area contributed by atoms with Gasteiger partial charge >= 0.3 is 0 Å².